The predicted octanol–water partition coefficient (Wildman–Crippen LogP) is 0.917. The van der Waals surface area contributed by atoms with Gasteiger partial charge < -0.3 is 19.2 Å². The predicted molar refractivity (Wildman–Crippen MR) is 52.4 cm³/mol. The SMILES string of the molecule is Cc1cc(N2CCOCC2)oc1CO. The van der Waals surface area contributed by atoms with Gasteiger partial charge in [0, 0.05) is 19.2 Å². The molecule has 0 spiro atoms. The number of aryl methyl sites for hydroxylation is 1. The molecule has 1 aromatic rings. The highest BCUT2D eigenvalue weighted by Gasteiger charge is 2.16. The molecule has 0 atom stereocenters. The van der Waals surface area contributed by atoms with Crippen molar-refractivity contribution in [3.05, 3.63) is 17.4 Å². The van der Waals surface area contributed by atoms with Gasteiger partial charge in [-0.05, 0) is 12.5 Å². The molecule has 2 rings (SSSR count). The summed E-state index contributed by atoms with van der Waals surface area (Å²) in [6, 6.07) is 1.97. The number of anilines is 1. The standard InChI is InChI=1S/C10H15NO3/c1-8-6-10(14-9(8)7-12)11-2-4-13-5-3-11/h6,12H,2-5,7H2,1H3. The molecule has 1 aliphatic heterocycles. The Bertz CT molecular complexity index is 302. The number of furan rings is 1. The lowest BCUT2D eigenvalue weighted by molar-refractivity contribution is 0.120. The topological polar surface area (TPSA) is 45.8 Å². The number of rotatable bonds is 2. The van der Waals surface area contributed by atoms with Crippen molar-refractivity contribution in [1.29, 1.82) is 0 Å². The smallest absolute Gasteiger partial charge is 0.196 e. The van der Waals surface area contributed by atoms with E-state index in [0.29, 0.717) is 5.76 Å². The van der Waals surface area contributed by atoms with Crippen molar-refractivity contribution in [3.8, 4) is 0 Å². The Labute approximate surface area is 83.1 Å². The number of hydrogen-bond acceptors (Lipinski definition) is 4. The highest BCUT2D eigenvalue weighted by molar-refractivity contribution is 5.41. The number of aliphatic hydroxyl groups excluding tert-OH is 1. The Morgan fingerprint density at radius 1 is 1.43 bits per heavy atom. The zero-order valence-corrected chi connectivity index (χ0v) is 8.32. The third-order valence-corrected chi connectivity index (χ3v) is 2.47. The maximum Gasteiger partial charge on any atom is 0.196 e. The van der Waals surface area contributed by atoms with Crippen molar-refractivity contribution in [2.24, 2.45) is 0 Å². The molecule has 0 amide bonds. The van der Waals surface area contributed by atoms with Gasteiger partial charge in [-0.15, -0.1) is 0 Å². The van der Waals surface area contributed by atoms with E-state index in [9.17, 15) is 0 Å². The van der Waals surface area contributed by atoms with Gasteiger partial charge in [0.1, 0.15) is 12.4 Å². The van der Waals surface area contributed by atoms with Gasteiger partial charge in [-0.3, -0.25) is 0 Å². The summed E-state index contributed by atoms with van der Waals surface area (Å²) in [6.07, 6.45) is 0. The van der Waals surface area contributed by atoms with Crippen molar-refractivity contribution < 1.29 is 14.3 Å². The van der Waals surface area contributed by atoms with E-state index in [0.717, 1.165) is 37.8 Å². The van der Waals surface area contributed by atoms with Crippen LogP contribution in [0.1, 0.15) is 11.3 Å². The van der Waals surface area contributed by atoms with Gasteiger partial charge >= 0.3 is 0 Å². The van der Waals surface area contributed by atoms with Crippen LogP contribution in [0.4, 0.5) is 5.88 Å². The zero-order chi connectivity index (χ0) is 9.97. The minimum Gasteiger partial charge on any atom is -0.443 e. The lowest BCUT2D eigenvalue weighted by Crippen LogP contribution is -2.35. The van der Waals surface area contributed by atoms with Crippen LogP contribution in [0.3, 0.4) is 0 Å². The molecule has 0 aromatic carbocycles. The summed E-state index contributed by atoms with van der Waals surface area (Å²) in [5, 5.41) is 8.99. The molecule has 1 saturated heterocycles. The second-order valence-electron chi connectivity index (χ2n) is 3.45. The minimum absolute atomic E-state index is 0.0316. The van der Waals surface area contributed by atoms with E-state index in [-0.39, 0.29) is 6.61 Å². The number of hydrogen-bond donors (Lipinski definition) is 1. The summed E-state index contributed by atoms with van der Waals surface area (Å²) < 4.78 is 10.8. The summed E-state index contributed by atoms with van der Waals surface area (Å²) >= 11 is 0. The molecule has 1 fully saturated rings. The van der Waals surface area contributed by atoms with Crippen LogP contribution in [0.2, 0.25) is 0 Å². The fourth-order valence-electron chi connectivity index (χ4n) is 1.60. The van der Waals surface area contributed by atoms with E-state index in [1.807, 2.05) is 13.0 Å². The van der Waals surface area contributed by atoms with Gasteiger partial charge in [0.15, 0.2) is 5.88 Å². The highest BCUT2D eigenvalue weighted by Crippen LogP contribution is 2.23. The third-order valence-electron chi connectivity index (χ3n) is 2.47. The Morgan fingerprint density at radius 2 is 2.14 bits per heavy atom. The molecular formula is C10H15NO3. The largest absolute Gasteiger partial charge is 0.443 e. The molecule has 2 heterocycles. The zero-order valence-electron chi connectivity index (χ0n) is 8.32. The lowest BCUT2D eigenvalue weighted by atomic mass is 10.3. The summed E-state index contributed by atoms with van der Waals surface area (Å²) in [5.41, 5.74) is 1.01. The van der Waals surface area contributed by atoms with E-state index in [1.54, 1.807) is 0 Å². The van der Waals surface area contributed by atoms with Gasteiger partial charge in [-0.1, -0.05) is 0 Å². The second kappa shape index (κ2) is 4.02. The molecule has 0 aliphatic carbocycles. The highest BCUT2D eigenvalue weighted by atomic mass is 16.5. The van der Waals surface area contributed by atoms with E-state index in [4.69, 9.17) is 14.3 Å². The number of aliphatic hydroxyl groups is 1. The number of ether oxygens (including phenoxy) is 1. The van der Waals surface area contributed by atoms with E-state index < -0.39 is 0 Å². The van der Waals surface area contributed by atoms with E-state index in [2.05, 4.69) is 4.90 Å². The quantitative estimate of drug-likeness (QED) is 0.765. The van der Waals surface area contributed by atoms with Crippen LogP contribution >= 0.6 is 0 Å². The van der Waals surface area contributed by atoms with E-state index in [1.165, 1.54) is 0 Å². The molecule has 0 saturated carbocycles. The van der Waals surface area contributed by atoms with Crippen molar-refractivity contribution in [2.75, 3.05) is 31.2 Å². The fraction of sp³-hybridized carbons (Fsp3) is 0.600. The summed E-state index contributed by atoms with van der Waals surface area (Å²) in [4.78, 5) is 2.13. The lowest BCUT2D eigenvalue weighted by Gasteiger charge is -2.26. The van der Waals surface area contributed by atoms with Crippen molar-refractivity contribution in [3.63, 3.8) is 0 Å². The average Bonchev–Trinajstić information content (AvgIpc) is 2.61. The van der Waals surface area contributed by atoms with Crippen LogP contribution in [0.15, 0.2) is 10.5 Å². The first-order valence-corrected chi connectivity index (χ1v) is 4.84. The Morgan fingerprint density at radius 3 is 2.71 bits per heavy atom. The van der Waals surface area contributed by atoms with Crippen molar-refractivity contribution >= 4 is 5.88 Å². The first-order valence-electron chi connectivity index (χ1n) is 4.84. The first kappa shape index (κ1) is 9.55. The van der Waals surface area contributed by atoms with Gasteiger partial charge in [-0.25, -0.2) is 0 Å². The number of morpholine rings is 1. The van der Waals surface area contributed by atoms with Crippen LogP contribution in [-0.2, 0) is 11.3 Å². The molecule has 4 nitrogen and oxygen atoms in total. The Balaban J connectivity index is 2.14. The van der Waals surface area contributed by atoms with Crippen LogP contribution in [0.5, 0.6) is 0 Å². The summed E-state index contributed by atoms with van der Waals surface area (Å²) in [5.74, 6) is 1.50. The van der Waals surface area contributed by atoms with Crippen LogP contribution in [0.25, 0.3) is 0 Å². The average molecular weight is 197 g/mol. The van der Waals surface area contributed by atoms with Gasteiger partial charge in [0.25, 0.3) is 0 Å². The molecular weight excluding hydrogens is 182 g/mol. The van der Waals surface area contributed by atoms with Crippen LogP contribution in [-0.4, -0.2) is 31.4 Å². The molecule has 0 unspecified atom stereocenters. The second-order valence-corrected chi connectivity index (χ2v) is 3.45. The van der Waals surface area contributed by atoms with Crippen LogP contribution in [0, 0.1) is 6.92 Å². The molecule has 4 heteroatoms. The molecule has 0 radical (unpaired) electrons. The number of nitrogens with zero attached hydrogens (tertiary/aromatic N) is 1. The molecule has 1 N–H and O–H groups in total. The van der Waals surface area contributed by atoms with Crippen molar-refractivity contribution in [2.45, 2.75) is 13.5 Å². The molecule has 0 bridgehead atoms. The molecule has 1 aromatic heterocycles. The molecule has 14 heavy (non-hydrogen) atoms. The minimum atomic E-state index is -0.0316. The monoisotopic (exact) mass is 197 g/mol. The van der Waals surface area contributed by atoms with Crippen molar-refractivity contribution in [1.82, 2.24) is 0 Å². The Hall–Kier alpha value is -1.00. The fourth-order valence-corrected chi connectivity index (χ4v) is 1.60. The normalized spacial score (nSPS) is 17.4. The van der Waals surface area contributed by atoms with E-state index >= 15 is 0 Å². The molecule has 1 aliphatic rings. The third kappa shape index (κ3) is 1.76. The molecule has 78 valence electrons. The summed E-state index contributed by atoms with van der Waals surface area (Å²) in [6.45, 7) is 5.12. The van der Waals surface area contributed by atoms with Crippen LogP contribution < -0.4 is 4.90 Å². The first-order chi connectivity index (χ1) is 6.81. The van der Waals surface area contributed by atoms with Gasteiger partial charge in [-0.2, -0.15) is 0 Å². The van der Waals surface area contributed by atoms with Gasteiger partial charge in [0.2, 0.25) is 0 Å². The maximum atomic E-state index is 8.99. The van der Waals surface area contributed by atoms with Gasteiger partial charge in [0.05, 0.1) is 13.2 Å². The summed E-state index contributed by atoms with van der Waals surface area (Å²) in [7, 11) is 0. The Kier molecular flexibility index (Phi) is 2.74. The maximum absolute atomic E-state index is 8.99.